The summed E-state index contributed by atoms with van der Waals surface area (Å²) >= 11 is 3.18. The Morgan fingerprint density at radius 1 is 1.05 bits per heavy atom. The average Bonchev–Trinajstić information content (AvgIpc) is 2.40. The van der Waals surface area contributed by atoms with Crippen molar-refractivity contribution in [1.82, 2.24) is 0 Å². The Morgan fingerprint density at radius 3 is 1.89 bits per heavy atom. The van der Waals surface area contributed by atoms with Crippen LogP contribution in [0.1, 0.15) is 5.56 Å². The second-order valence-electron chi connectivity index (χ2n) is 4.01. The molecular formula is C13H18BrF2NO2. The maximum atomic E-state index is 14.0. The predicted molar refractivity (Wildman–Crippen MR) is 75.0 cm³/mol. The Kier molecular flexibility index (Phi) is 7.27. The molecule has 0 radical (unpaired) electrons. The van der Waals surface area contributed by atoms with Crippen LogP contribution in [-0.4, -0.2) is 40.5 Å². The molecule has 0 aliphatic rings. The zero-order valence-corrected chi connectivity index (χ0v) is 12.7. The van der Waals surface area contributed by atoms with Crippen molar-refractivity contribution >= 4 is 21.6 Å². The van der Waals surface area contributed by atoms with Crippen molar-refractivity contribution in [3.8, 4) is 0 Å². The van der Waals surface area contributed by atoms with Crippen LogP contribution in [0.4, 0.5) is 14.5 Å². The van der Waals surface area contributed by atoms with Gasteiger partial charge in [-0.2, -0.15) is 0 Å². The quantitative estimate of drug-likeness (QED) is 0.681. The number of methoxy groups -OCH3 is 2. The first-order chi connectivity index (χ1) is 9.13. The first-order valence-electron chi connectivity index (χ1n) is 5.90. The lowest BCUT2D eigenvalue weighted by Gasteiger charge is -2.25. The van der Waals surface area contributed by atoms with Crippen LogP contribution in [0.15, 0.2) is 12.1 Å². The third-order valence-electron chi connectivity index (χ3n) is 2.68. The molecule has 108 valence electrons. The number of hydrogen-bond donors (Lipinski definition) is 0. The van der Waals surface area contributed by atoms with Crippen molar-refractivity contribution in [2.24, 2.45) is 0 Å². The Bertz CT molecular complexity index is 373. The van der Waals surface area contributed by atoms with E-state index in [4.69, 9.17) is 9.47 Å². The Morgan fingerprint density at radius 2 is 1.53 bits per heavy atom. The monoisotopic (exact) mass is 337 g/mol. The molecule has 0 spiro atoms. The number of anilines is 1. The number of hydrogen-bond acceptors (Lipinski definition) is 3. The van der Waals surface area contributed by atoms with E-state index >= 15 is 0 Å². The van der Waals surface area contributed by atoms with Crippen LogP contribution in [0, 0.1) is 11.6 Å². The van der Waals surface area contributed by atoms with E-state index in [1.165, 1.54) is 12.1 Å². The zero-order chi connectivity index (χ0) is 14.3. The van der Waals surface area contributed by atoms with Gasteiger partial charge in [0.2, 0.25) is 0 Å². The summed E-state index contributed by atoms with van der Waals surface area (Å²) in [6, 6.07) is 2.67. The van der Waals surface area contributed by atoms with Gasteiger partial charge in [0.15, 0.2) is 0 Å². The van der Waals surface area contributed by atoms with E-state index in [0.29, 0.717) is 37.2 Å². The fourth-order valence-electron chi connectivity index (χ4n) is 1.74. The standard InChI is InChI=1S/C13H18BrF2NO2/c1-18-5-3-17(4-6-19-2)13-11(15)7-10(9-14)8-12(13)16/h7-8H,3-6,9H2,1-2H3. The Balaban J connectivity index is 2.99. The number of halogens is 3. The van der Waals surface area contributed by atoms with E-state index in [0.717, 1.165) is 0 Å². The normalized spacial score (nSPS) is 10.8. The predicted octanol–water partition coefficient (Wildman–Crippen LogP) is 2.96. The molecule has 0 amide bonds. The highest BCUT2D eigenvalue weighted by atomic mass is 79.9. The minimum Gasteiger partial charge on any atom is -0.383 e. The molecule has 0 N–H and O–H groups in total. The van der Waals surface area contributed by atoms with Gasteiger partial charge in [-0.3, -0.25) is 0 Å². The van der Waals surface area contributed by atoms with Gasteiger partial charge < -0.3 is 14.4 Å². The second kappa shape index (κ2) is 8.45. The molecule has 0 saturated heterocycles. The van der Waals surface area contributed by atoms with E-state index in [1.54, 1.807) is 19.1 Å². The minimum absolute atomic E-state index is 0.0289. The lowest BCUT2D eigenvalue weighted by Crippen LogP contribution is -2.32. The molecule has 1 rings (SSSR count). The highest BCUT2D eigenvalue weighted by Crippen LogP contribution is 2.25. The summed E-state index contributed by atoms with van der Waals surface area (Å²) in [5.41, 5.74) is 0.538. The lowest BCUT2D eigenvalue weighted by molar-refractivity contribution is 0.189. The van der Waals surface area contributed by atoms with Gasteiger partial charge in [-0.1, -0.05) is 15.9 Å². The summed E-state index contributed by atoms with van der Waals surface area (Å²) < 4.78 is 38.0. The van der Waals surface area contributed by atoms with Crippen LogP contribution in [0.2, 0.25) is 0 Å². The summed E-state index contributed by atoms with van der Waals surface area (Å²) in [6.45, 7) is 1.59. The molecule has 3 nitrogen and oxygen atoms in total. The van der Waals surface area contributed by atoms with Gasteiger partial charge in [-0.15, -0.1) is 0 Å². The summed E-state index contributed by atoms with van der Waals surface area (Å²) in [7, 11) is 3.10. The summed E-state index contributed by atoms with van der Waals surface area (Å²) in [4.78, 5) is 1.59. The fourth-order valence-corrected chi connectivity index (χ4v) is 2.06. The summed E-state index contributed by atoms with van der Waals surface area (Å²) in [5.74, 6) is -1.14. The molecule has 0 aliphatic heterocycles. The Labute approximate surface area is 120 Å². The molecule has 0 bridgehead atoms. The summed E-state index contributed by atoms with van der Waals surface area (Å²) in [6.07, 6.45) is 0. The van der Waals surface area contributed by atoms with E-state index in [-0.39, 0.29) is 5.69 Å². The molecule has 0 aliphatic carbocycles. The van der Waals surface area contributed by atoms with E-state index < -0.39 is 11.6 Å². The fraction of sp³-hybridized carbons (Fsp3) is 0.538. The largest absolute Gasteiger partial charge is 0.383 e. The molecule has 0 aromatic heterocycles. The first-order valence-corrected chi connectivity index (χ1v) is 7.02. The highest BCUT2D eigenvalue weighted by molar-refractivity contribution is 9.08. The molecular weight excluding hydrogens is 320 g/mol. The van der Waals surface area contributed by atoms with Crippen LogP contribution in [-0.2, 0) is 14.8 Å². The van der Waals surface area contributed by atoms with Gasteiger partial charge in [-0.05, 0) is 17.7 Å². The molecule has 0 atom stereocenters. The smallest absolute Gasteiger partial charge is 0.149 e. The zero-order valence-electron chi connectivity index (χ0n) is 11.1. The number of ether oxygens (including phenoxy) is 2. The highest BCUT2D eigenvalue weighted by Gasteiger charge is 2.17. The molecule has 0 heterocycles. The van der Waals surface area contributed by atoms with Crippen molar-refractivity contribution in [3.63, 3.8) is 0 Å². The van der Waals surface area contributed by atoms with Crippen molar-refractivity contribution < 1.29 is 18.3 Å². The topological polar surface area (TPSA) is 21.7 Å². The first kappa shape index (κ1) is 16.3. The van der Waals surface area contributed by atoms with Crippen molar-refractivity contribution in [1.29, 1.82) is 0 Å². The number of alkyl halides is 1. The van der Waals surface area contributed by atoms with Gasteiger partial charge in [0, 0.05) is 32.6 Å². The van der Waals surface area contributed by atoms with Gasteiger partial charge in [0.25, 0.3) is 0 Å². The molecule has 1 aromatic rings. The van der Waals surface area contributed by atoms with Crippen LogP contribution >= 0.6 is 15.9 Å². The van der Waals surface area contributed by atoms with Crippen LogP contribution in [0.3, 0.4) is 0 Å². The van der Waals surface area contributed by atoms with E-state index in [9.17, 15) is 8.78 Å². The van der Waals surface area contributed by atoms with Gasteiger partial charge in [0.1, 0.15) is 17.3 Å². The van der Waals surface area contributed by atoms with Crippen LogP contribution in [0.5, 0.6) is 0 Å². The van der Waals surface area contributed by atoms with Crippen LogP contribution in [0.25, 0.3) is 0 Å². The lowest BCUT2D eigenvalue weighted by atomic mass is 10.2. The second-order valence-corrected chi connectivity index (χ2v) is 4.58. The average molecular weight is 338 g/mol. The molecule has 0 unspecified atom stereocenters. The van der Waals surface area contributed by atoms with E-state index in [1.807, 2.05) is 0 Å². The molecule has 0 fully saturated rings. The SMILES string of the molecule is COCCN(CCOC)c1c(F)cc(CBr)cc1F. The van der Waals surface area contributed by atoms with Crippen LogP contribution < -0.4 is 4.90 Å². The Hall–Kier alpha value is -0.720. The maximum absolute atomic E-state index is 14.0. The number of benzene rings is 1. The number of nitrogens with zero attached hydrogens (tertiary/aromatic N) is 1. The van der Waals surface area contributed by atoms with Gasteiger partial charge in [0.05, 0.1) is 13.2 Å². The molecule has 19 heavy (non-hydrogen) atoms. The molecule has 0 saturated carbocycles. The molecule has 1 aromatic carbocycles. The van der Waals surface area contributed by atoms with Crippen molar-refractivity contribution in [3.05, 3.63) is 29.3 Å². The maximum Gasteiger partial charge on any atom is 0.149 e. The van der Waals surface area contributed by atoms with Crippen molar-refractivity contribution in [2.45, 2.75) is 5.33 Å². The summed E-state index contributed by atoms with van der Waals surface area (Å²) in [5, 5.41) is 0.414. The van der Waals surface area contributed by atoms with Gasteiger partial charge >= 0.3 is 0 Å². The van der Waals surface area contributed by atoms with E-state index in [2.05, 4.69) is 15.9 Å². The molecule has 6 heteroatoms. The number of rotatable bonds is 8. The third kappa shape index (κ3) is 4.71. The van der Waals surface area contributed by atoms with Crippen molar-refractivity contribution in [2.75, 3.05) is 45.4 Å². The van der Waals surface area contributed by atoms with Gasteiger partial charge in [-0.25, -0.2) is 8.78 Å². The minimum atomic E-state index is -0.568. The third-order valence-corrected chi connectivity index (χ3v) is 3.33.